The first kappa shape index (κ1) is 13.1. The average Bonchev–Trinajstić information content (AvgIpc) is 3.09. The predicted molar refractivity (Wildman–Crippen MR) is 72.2 cm³/mol. The number of aryl methyl sites for hydroxylation is 1. The molecule has 0 aliphatic carbocycles. The van der Waals surface area contributed by atoms with Crippen molar-refractivity contribution >= 4 is 12.0 Å². The molecule has 0 atom stereocenters. The summed E-state index contributed by atoms with van der Waals surface area (Å²) in [6.07, 6.45) is 2.05. The van der Waals surface area contributed by atoms with Crippen molar-refractivity contribution < 1.29 is 8.91 Å². The van der Waals surface area contributed by atoms with Gasteiger partial charge in [0, 0.05) is 18.7 Å². The molecule has 21 heavy (non-hydrogen) atoms. The molecule has 0 aliphatic rings. The van der Waals surface area contributed by atoms with Gasteiger partial charge in [-0.25, -0.2) is 9.38 Å². The summed E-state index contributed by atoms with van der Waals surface area (Å²) in [7, 11) is 0. The number of rotatable bonds is 4. The standard InChI is InChI=1S/C13H11FN6O/c1-9-8-12(17-21-9)15-7-6-13-16-18-19-20(13)11-4-2-10(14)3-5-11/h2-5,7-8H,6H2,1H3. The number of benzene rings is 1. The molecule has 0 spiro atoms. The Morgan fingerprint density at radius 1 is 1.33 bits per heavy atom. The second-order valence-electron chi connectivity index (χ2n) is 4.29. The SMILES string of the molecule is Cc1cc(N=CCc2nnnn2-c2ccc(F)cc2)no1. The molecule has 0 saturated heterocycles. The van der Waals surface area contributed by atoms with Crippen LogP contribution in [0.25, 0.3) is 5.69 Å². The molecule has 2 heterocycles. The summed E-state index contributed by atoms with van der Waals surface area (Å²) in [6, 6.07) is 7.64. The lowest BCUT2D eigenvalue weighted by molar-refractivity contribution is 0.399. The Hall–Kier alpha value is -2.90. The fourth-order valence-electron chi connectivity index (χ4n) is 1.75. The fourth-order valence-corrected chi connectivity index (χ4v) is 1.75. The van der Waals surface area contributed by atoms with E-state index >= 15 is 0 Å². The molecule has 0 bridgehead atoms. The molecular weight excluding hydrogens is 275 g/mol. The number of aromatic nitrogens is 5. The minimum Gasteiger partial charge on any atom is -0.359 e. The third-order valence-corrected chi connectivity index (χ3v) is 2.72. The summed E-state index contributed by atoms with van der Waals surface area (Å²) in [5, 5.41) is 15.2. The molecule has 106 valence electrons. The first-order valence-electron chi connectivity index (χ1n) is 6.21. The maximum atomic E-state index is 12.9. The van der Waals surface area contributed by atoms with Crippen LogP contribution in [0.1, 0.15) is 11.6 Å². The van der Waals surface area contributed by atoms with Crippen molar-refractivity contribution in [2.75, 3.05) is 0 Å². The monoisotopic (exact) mass is 286 g/mol. The fraction of sp³-hybridized carbons (Fsp3) is 0.154. The van der Waals surface area contributed by atoms with Crippen LogP contribution in [-0.2, 0) is 6.42 Å². The van der Waals surface area contributed by atoms with Crippen molar-refractivity contribution in [3.63, 3.8) is 0 Å². The Kier molecular flexibility index (Phi) is 3.50. The van der Waals surface area contributed by atoms with Gasteiger partial charge in [-0.05, 0) is 41.6 Å². The van der Waals surface area contributed by atoms with Crippen molar-refractivity contribution in [3.8, 4) is 5.69 Å². The van der Waals surface area contributed by atoms with E-state index in [-0.39, 0.29) is 5.82 Å². The lowest BCUT2D eigenvalue weighted by Crippen LogP contribution is -2.03. The molecule has 2 aromatic heterocycles. The van der Waals surface area contributed by atoms with Gasteiger partial charge in [-0.1, -0.05) is 5.16 Å². The van der Waals surface area contributed by atoms with E-state index in [1.807, 2.05) is 0 Å². The van der Waals surface area contributed by atoms with Gasteiger partial charge >= 0.3 is 0 Å². The van der Waals surface area contributed by atoms with Crippen LogP contribution >= 0.6 is 0 Å². The molecular formula is C13H11FN6O. The second kappa shape index (κ2) is 5.61. The molecule has 8 heteroatoms. The molecule has 0 amide bonds. The van der Waals surface area contributed by atoms with Crippen LogP contribution in [0.5, 0.6) is 0 Å². The van der Waals surface area contributed by atoms with Crippen molar-refractivity contribution in [2.45, 2.75) is 13.3 Å². The number of tetrazole rings is 1. The molecule has 0 saturated carbocycles. The molecule has 0 aliphatic heterocycles. The Bertz CT molecular complexity index is 761. The van der Waals surface area contributed by atoms with Gasteiger partial charge in [0.1, 0.15) is 11.6 Å². The van der Waals surface area contributed by atoms with Crippen molar-refractivity contribution in [1.29, 1.82) is 0 Å². The molecule has 3 aromatic rings. The van der Waals surface area contributed by atoms with Crippen LogP contribution in [-0.4, -0.2) is 31.6 Å². The van der Waals surface area contributed by atoms with E-state index in [1.165, 1.54) is 16.8 Å². The predicted octanol–water partition coefficient (Wildman–Crippen LogP) is 2.04. The zero-order valence-electron chi connectivity index (χ0n) is 11.1. The van der Waals surface area contributed by atoms with Gasteiger partial charge in [0.25, 0.3) is 0 Å². The summed E-state index contributed by atoms with van der Waals surface area (Å²) < 4.78 is 19.4. The van der Waals surface area contributed by atoms with E-state index < -0.39 is 0 Å². The number of hydrogen-bond donors (Lipinski definition) is 0. The molecule has 3 rings (SSSR count). The molecule has 0 unspecified atom stereocenters. The van der Waals surface area contributed by atoms with Crippen molar-refractivity contribution in [3.05, 3.63) is 47.7 Å². The highest BCUT2D eigenvalue weighted by atomic mass is 19.1. The van der Waals surface area contributed by atoms with Crippen LogP contribution < -0.4 is 0 Å². The van der Waals surface area contributed by atoms with Crippen LogP contribution in [0, 0.1) is 12.7 Å². The van der Waals surface area contributed by atoms with Crippen LogP contribution in [0.3, 0.4) is 0 Å². The van der Waals surface area contributed by atoms with Crippen molar-refractivity contribution in [2.24, 2.45) is 4.99 Å². The third kappa shape index (κ3) is 2.99. The van der Waals surface area contributed by atoms with Gasteiger partial charge in [0.05, 0.1) is 5.69 Å². The average molecular weight is 286 g/mol. The molecule has 1 aromatic carbocycles. The van der Waals surface area contributed by atoms with E-state index in [0.717, 1.165) is 0 Å². The van der Waals surface area contributed by atoms with E-state index in [1.54, 1.807) is 31.3 Å². The Labute approximate surface area is 119 Å². The number of hydrogen-bond acceptors (Lipinski definition) is 6. The molecule has 7 nitrogen and oxygen atoms in total. The second-order valence-corrected chi connectivity index (χ2v) is 4.29. The number of halogens is 1. The first-order chi connectivity index (χ1) is 10.2. The summed E-state index contributed by atoms with van der Waals surface area (Å²) in [4.78, 5) is 4.15. The van der Waals surface area contributed by atoms with Gasteiger partial charge in [-0.2, -0.15) is 4.68 Å². The Morgan fingerprint density at radius 3 is 2.86 bits per heavy atom. The maximum Gasteiger partial charge on any atom is 0.195 e. The third-order valence-electron chi connectivity index (χ3n) is 2.72. The molecule has 0 fully saturated rings. The highest BCUT2D eigenvalue weighted by Gasteiger charge is 2.07. The summed E-state index contributed by atoms with van der Waals surface area (Å²) in [5.74, 6) is 1.47. The van der Waals surface area contributed by atoms with E-state index in [4.69, 9.17) is 4.52 Å². The number of nitrogens with zero attached hydrogens (tertiary/aromatic N) is 6. The van der Waals surface area contributed by atoms with Gasteiger partial charge in [-0.15, -0.1) is 5.10 Å². The van der Waals surface area contributed by atoms with Crippen LogP contribution in [0.2, 0.25) is 0 Å². The Morgan fingerprint density at radius 2 is 2.14 bits per heavy atom. The van der Waals surface area contributed by atoms with Crippen molar-refractivity contribution in [1.82, 2.24) is 25.4 Å². The van der Waals surface area contributed by atoms with Gasteiger partial charge in [0.2, 0.25) is 0 Å². The van der Waals surface area contributed by atoms with Crippen LogP contribution in [0.15, 0.2) is 39.8 Å². The zero-order chi connectivity index (χ0) is 14.7. The minimum atomic E-state index is -0.309. The van der Waals surface area contributed by atoms with Gasteiger partial charge in [-0.3, -0.25) is 0 Å². The van der Waals surface area contributed by atoms with E-state index in [0.29, 0.717) is 29.5 Å². The molecule has 0 radical (unpaired) electrons. The normalized spacial score (nSPS) is 11.3. The minimum absolute atomic E-state index is 0.309. The quantitative estimate of drug-likeness (QED) is 0.685. The van der Waals surface area contributed by atoms with Crippen LogP contribution in [0.4, 0.5) is 10.2 Å². The summed E-state index contributed by atoms with van der Waals surface area (Å²) in [5.41, 5.74) is 0.682. The Balaban J connectivity index is 1.76. The lowest BCUT2D eigenvalue weighted by Gasteiger charge is -2.01. The topological polar surface area (TPSA) is 82.0 Å². The summed E-state index contributed by atoms with van der Waals surface area (Å²) in [6.45, 7) is 1.79. The lowest BCUT2D eigenvalue weighted by atomic mass is 10.3. The van der Waals surface area contributed by atoms with E-state index in [2.05, 4.69) is 25.7 Å². The highest BCUT2D eigenvalue weighted by molar-refractivity contribution is 5.64. The highest BCUT2D eigenvalue weighted by Crippen LogP contribution is 2.11. The first-order valence-corrected chi connectivity index (χ1v) is 6.21. The smallest absolute Gasteiger partial charge is 0.195 e. The van der Waals surface area contributed by atoms with Gasteiger partial charge < -0.3 is 4.52 Å². The maximum absolute atomic E-state index is 12.9. The zero-order valence-corrected chi connectivity index (χ0v) is 11.1. The summed E-state index contributed by atoms with van der Waals surface area (Å²) >= 11 is 0. The largest absolute Gasteiger partial charge is 0.359 e. The number of aliphatic imine (C=N–C) groups is 1. The van der Waals surface area contributed by atoms with Gasteiger partial charge in [0.15, 0.2) is 11.6 Å². The molecule has 0 N–H and O–H groups in total. The van der Waals surface area contributed by atoms with E-state index in [9.17, 15) is 4.39 Å².